The van der Waals surface area contributed by atoms with Crippen molar-refractivity contribution < 1.29 is 4.79 Å². The summed E-state index contributed by atoms with van der Waals surface area (Å²) in [6.07, 6.45) is 6.89. The Bertz CT molecular complexity index is 251. The number of carbonyl (C=O) groups is 1. The lowest BCUT2D eigenvalue weighted by Crippen LogP contribution is -2.37. The quantitative estimate of drug-likeness (QED) is 0.659. The van der Waals surface area contributed by atoms with Crippen molar-refractivity contribution in [1.29, 1.82) is 0 Å². The van der Waals surface area contributed by atoms with E-state index in [1.807, 2.05) is 0 Å². The summed E-state index contributed by atoms with van der Waals surface area (Å²) >= 11 is 0. The average molecular weight is 239 g/mol. The molecule has 2 fully saturated rings. The van der Waals surface area contributed by atoms with Crippen molar-refractivity contribution in [1.82, 2.24) is 10.6 Å². The summed E-state index contributed by atoms with van der Waals surface area (Å²) in [5.74, 6) is 0.826. The molecule has 1 aliphatic carbocycles. The minimum atomic E-state index is 0.177. The normalized spacial score (nSPS) is 32.9. The first kappa shape index (κ1) is 12.8. The van der Waals surface area contributed by atoms with E-state index in [-0.39, 0.29) is 11.8 Å². The number of nitrogens with one attached hydrogen (secondary N) is 2. The lowest BCUT2D eigenvalue weighted by Gasteiger charge is -2.18. The second kappa shape index (κ2) is 6.36. The van der Waals surface area contributed by atoms with E-state index in [4.69, 9.17) is 5.73 Å². The number of carbonyl (C=O) groups excluding carboxylic acids is 1. The zero-order valence-corrected chi connectivity index (χ0v) is 10.6. The Morgan fingerprint density at radius 2 is 2.18 bits per heavy atom. The molecule has 0 aromatic carbocycles. The van der Waals surface area contributed by atoms with Gasteiger partial charge in [-0.3, -0.25) is 4.79 Å². The SMILES string of the molecule is NC[C@H]1CCC[C@H]1C(=O)NCC[C@H]1CCCN1. The van der Waals surface area contributed by atoms with E-state index in [9.17, 15) is 4.79 Å². The van der Waals surface area contributed by atoms with Gasteiger partial charge >= 0.3 is 0 Å². The van der Waals surface area contributed by atoms with Crippen molar-refractivity contribution in [2.45, 2.75) is 44.6 Å². The Balaban J connectivity index is 1.66. The third kappa shape index (κ3) is 3.42. The zero-order chi connectivity index (χ0) is 12.1. The smallest absolute Gasteiger partial charge is 0.223 e. The second-order valence-corrected chi connectivity index (χ2v) is 5.41. The van der Waals surface area contributed by atoms with Gasteiger partial charge in [-0.1, -0.05) is 6.42 Å². The van der Waals surface area contributed by atoms with Crippen LogP contribution in [0, 0.1) is 11.8 Å². The van der Waals surface area contributed by atoms with Gasteiger partial charge < -0.3 is 16.4 Å². The molecule has 0 aromatic rings. The fraction of sp³-hybridized carbons (Fsp3) is 0.923. The van der Waals surface area contributed by atoms with E-state index < -0.39 is 0 Å². The fourth-order valence-corrected chi connectivity index (χ4v) is 3.17. The first-order chi connectivity index (χ1) is 8.31. The molecule has 1 saturated heterocycles. The first-order valence-corrected chi connectivity index (χ1v) is 7.02. The number of hydrogen-bond donors (Lipinski definition) is 3. The van der Waals surface area contributed by atoms with Gasteiger partial charge in [-0.05, 0) is 51.1 Å². The van der Waals surface area contributed by atoms with Gasteiger partial charge in [0.15, 0.2) is 0 Å². The van der Waals surface area contributed by atoms with Gasteiger partial charge in [-0.25, -0.2) is 0 Å². The Hall–Kier alpha value is -0.610. The van der Waals surface area contributed by atoms with E-state index in [1.165, 1.54) is 12.8 Å². The molecule has 0 radical (unpaired) electrons. The topological polar surface area (TPSA) is 67.2 Å². The van der Waals surface area contributed by atoms with Crippen LogP contribution in [0.1, 0.15) is 38.5 Å². The molecule has 1 saturated carbocycles. The molecule has 2 rings (SSSR count). The molecule has 98 valence electrons. The van der Waals surface area contributed by atoms with Gasteiger partial charge in [-0.15, -0.1) is 0 Å². The highest BCUT2D eigenvalue weighted by Crippen LogP contribution is 2.30. The monoisotopic (exact) mass is 239 g/mol. The van der Waals surface area contributed by atoms with Crippen LogP contribution in [0.3, 0.4) is 0 Å². The van der Waals surface area contributed by atoms with Crippen molar-refractivity contribution >= 4 is 5.91 Å². The molecule has 4 nitrogen and oxygen atoms in total. The Morgan fingerprint density at radius 1 is 1.29 bits per heavy atom. The molecular weight excluding hydrogens is 214 g/mol. The van der Waals surface area contributed by atoms with Crippen molar-refractivity contribution in [2.75, 3.05) is 19.6 Å². The molecule has 4 N–H and O–H groups in total. The second-order valence-electron chi connectivity index (χ2n) is 5.41. The Morgan fingerprint density at radius 3 is 2.88 bits per heavy atom. The standard InChI is InChI=1S/C13H25N3O/c14-9-10-3-1-5-12(10)13(17)16-8-6-11-4-2-7-15-11/h10-12,15H,1-9,14H2,(H,16,17)/t10-,11-,12-/m1/s1. The summed E-state index contributed by atoms with van der Waals surface area (Å²) in [6.45, 7) is 2.60. The van der Waals surface area contributed by atoms with Crippen LogP contribution >= 0.6 is 0 Å². The van der Waals surface area contributed by atoms with E-state index in [0.29, 0.717) is 18.5 Å². The lowest BCUT2D eigenvalue weighted by molar-refractivity contribution is -0.125. The Labute approximate surface area is 104 Å². The van der Waals surface area contributed by atoms with Gasteiger partial charge in [0, 0.05) is 18.5 Å². The molecule has 0 aromatic heterocycles. The number of nitrogens with two attached hydrogens (primary N) is 1. The molecule has 0 bridgehead atoms. The van der Waals surface area contributed by atoms with Crippen LogP contribution < -0.4 is 16.4 Å². The number of rotatable bonds is 5. The summed E-state index contributed by atoms with van der Waals surface area (Å²) < 4.78 is 0. The molecule has 0 spiro atoms. The fourth-order valence-electron chi connectivity index (χ4n) is 3.17. The summed E-state index contributed by atoms with van der Waals surface area (Å²) in [7, 11) is 0. The highest BCUT2D eigenvalue weighted by Gasteiger charge is 2.31. The third-order valence-electron chi connectivity index (χ3n) is 4.25. The summed E-state index contributed by atoms with van der Waals surface area (Å²) in [5.41, 5.74) is 5.70. The minimum absolute atomic E-state index is 0.177. The van der Waals surface area contributed by atoms with Crippen LogP contribution in [0.25, 0.3) is 0 Å². The van der Waals surface area contributed by atoms with E-state index in [1.54, 1.807) is 0 Å². The molecule has 1 amide bonds. The number of amides is 1. The highest BCUT2D eigenvalue weighted by molar-refractivity contribution is 5.79. The van der Waals surface area contributed by atoms with Gasteiger partial charge in [0.05, 0.1) is 0 Å². The first-order valence-electron chi connectivity index (χ1n) is 7.02. The van der Waals surface area contributed by atoms with Crippen LogP contribution in [-0.4, -0.2) is 31.6 Å². The highest BCUT2D eigenvalue weighted by atomic mass is 16.1. The van der Waals surface area contributed by atoms with E-state index in [0.717, 1.165) is 38.8 Å². The van der Waals surface area contributed by atoms with Gasteiger partial charge in [0.25, 0.3) is 0 Å². The molecule has 4 heteroatoms. The lowest BCUT2D eigenvalue weighted by atomic mass is 9.95. The largest absolute Gasteiger partial charge is 0.356 e. The van der Waals surface area contributed by atoms with Crippen molar-refractivity contribution in [3.63, 3.8) is 0 Å². The third-order valence-corrected chi connectivity index (χ3v) is 4.25. The summed E-state index contributed by atoms with van der Waals surface area (Å²) in [4.78, 5) is 12.0. The van der Waals surface area contributed by atoms with Gasteiger partial charge in [-0.2, -0.15) is 0 Å². The molecule has 2 aliphatic rings. The maximum Gasteiger partial charge on any atom is 0.223 e. The van der Waals surface area contributed by atoms with Crippen LogP contribution in [0.15, 0.2) is 0 Å². The maximum absolute atomic E-state index is 12.0. The summed E-state index contributed by atoms with van der Waals surface area (Å²) in [6, 6.07) is 0.615. The van der Waals surface area contributed by atoms with E-state index >= 15 is 0 Å². The van der Waals surface area contributed by atoms with Gasteiger partial charge in [0.2, 0.25) is 5.91 Å². The zero-order valence-electron chi connectivity index (χ0n) is 10.6. The maximum atomic E-state index is 12.0. The van der Waals surface area contributed by atoms with Crippen LogP contribution in [0.5, 0.6) is 0 Å². The van der Waals surface area contributed by atoms with Gasteiger partial charge in [0.1, 0.15) is 0 Å². The summed E-state index contributed by atoms with van der Waals surface area (Å²) in [5, 5.41) is 6.53. The molecule has 0 unspecified atom stereocenters. The van der Waals surface area contributed by atoms with Crippen molar-refractivity contribution in [3.05, 3.63) is 0 Å². The Kier molecular flexibility index (Phi) is 4.80. The average Bonchev–Trinajstić information content (AvgIpc) is 2.99. The van der Waals surface area contributed by atoms with Crippen LogP contribution in [-0.2, 0) is 4.79 Å². The number of hydrogen-bond acceptors (Lipinski definition) is 3. The van der Waals surface area contributed by atoms with Crippen LogP contribution in [0.4, 0.5) is 0 Å². The molecule has 1 aliphatic heterocycles. The minimum Gasteiger partial charge on any atom is -0.356 e. The molecule has 3 atom stereocenters. The van der Waals surface area contributed by atoms with Crippen molar-refractivity contribution in [3.8, 4) is 0 Å². The molecular formula is C13H25N3O. The predicted molar refractivity (Wildman–Crippen MR) is 68.5 cm³/mol. The predicted octanol–water partition coefficient (Wildman–Crippen LogP) is 0.620. The molecule has 17 heavy (non-hydrogen) atoms. The van der Waals surface area contributed by atoms with E-state index in [2.05, 4.69) is 10.6 Å². The molecule has 1 heterocycles. The van der Waals surface area contributed by atoms with Crippen molar-refractivity contribution in [2.24, 2.45) is 17.6 Å². The van der Waals surface area contributed by atoms with Crippen LogP contribution in [0.2, 0.25) is 0 Å².